The first-order chi connectivity index (χ1) is 7.99. The van der Waals surface area contributed by atoms with Gasteiger partial charge in [0.05, 0.1) is 5.69 Å². The first-order valence-corrected chi connectivity index (χ1v) is 5.88. The second-order valence-corrected chi connectivity index (χ2v) is 4.34. The summed E-state index contributed by atoms with van der Waals surface area (Å²) < 4.78 is 27.4. The summed E-state index contributed by atoms with van der Waals surface area (Å²) in [5, 5.41) is 0. The van der Waals surface area contributed by atoms with Gasteiger partial charge in [-0.05, 0) is 18.6 Å². The summed E-state index contributed by atoms with van der Waals surface area (Å²) in [6.45, 7) is 2.72. The Hall–Kier alpha value is -1.23. The first kappa shape index (κ1) is 13.8. The van der Waals surface area contributed by atoms with E-state index in [4.69, 9.17) is 5.73 Å². The molecule has 1 aromatic carbocycles. The third kappa shape index (κ3) is 3.12. The number of halogens is 2. The molecule has 17 heavy (non-hydrogen) atoms. The topological polar surface area (TPSA) is 29.3 Å². The number of unbranched alkanes of at least 4 members (excludes halogenated alkanes) is 1. The molecular formula is C12H16F2N2S. The Bertz CT molecular complexity index is 421. The van der Waals surface area contributed by atoms with Gasteiger partial charge in [-0.15, -0.1) is 0 Å². The molecule has 0 atom stereocenters. The van der Waals surface area contributed by atoms with Gasteiger partial charge in [-0.1, -0.05) is 25.6 Å². The molecule has 1 rings (SSSR count). The van der Waals surface area contributed by atoms with Crippen LogP contribution in [0, 0.1) is 11.6 Å². The molecule has 0 aliphatic heterocycles. The van der Waals surface area contributed by atoms with E-state index in [1.54, 1.807) is 11.9 Å². The van der Waals surface area contributed by atoms with Gasteiger partial charge in [0, 0.05) is 19.2 Å². The lowest BCUT2D eigenvalue weighted by Gasteiger charge is -2.20. The van der Waals surface area contributed by atoms with E-state index in [9.17, 15) is 8.78 Å². The summed E-state index contributed by atoms with van der Waals surface area (Å²) in [4.78, 5) is 1.55. The average Bonchev–Trinajstić information content (AvgIpc) is 2.29. The van der Waals surface area contributed by atoms with Crippen LogP contribution in [0.25, 0.3) is 0 Å². The summed E-state index contributed by atoms with van der Waals surface area (Å²) in [7, 11) is 1.73. The summed E-state index contributed by atoms with van der Waals surface area (Å²) in [6, 6.07) is 2.92. The molecule has 0 spiro atoms. The monoisotopic (exact) mass is 258 g/mol. The smallest absolute Gasteiger partial charge is 0.182 e. The van der Waals surface area contributed by atoms with Crippen molar-refractivity contribution in [3.05, 3.63) is 29.3 Å². The fraction of sp³-hybridized carbons (Fsp3) is 0.417. The van der Waals surface area contributed by atoms with Crippen LogP contribution >= 0.6 is 12.2 Å². The predicted molar refractivity (Wildman–Crippen MR) is 70.4 cm³/mol. The Morgan fingerprint density at radius 2 is 2.00 bits per heavy atom. The number of rotatable bonds is 5. The molecule has 0 heterocycles. The molecule has 0 radical (unpaired) electrons. The van der Waals surface area contributed by atoms with Crippen LogP contribution in [-0.4, -0.2) is 18.6 Å². The molecule has 0 fully saturated rings. The van der Waals surface area contributed by atoms with Crippen molar-refractivity contribution in [1.29, 1.82) is 0 Å². The van der Waals surface area contributed by atoms with Gasteiger partial charge in [0.2, 0.25) is 0 Å². The number of nitrogens with zero attached hydrogens (tertiary/aromatic N) is 1. The van der Waals surface area contributed by atoms with Crippen molar-refractivity contribution in [3.8, 4) is 0 Å². The minimum Gasteiger partial charge on any atom is -0.389 e. The Morgan fingerprint density at radius 3 is 2.53 bits per heavy atom. The van der Waals surface area contributed by atoms with E-state index in [2.05, 4.69) is 12.2 Å². The highest BCUT2D eigenvalue weighted by atomic mass is 32.1. The second kappa shape index (κ2) is 5.91. The highest BCUT2D eigenvalue weighted by molar-refractivity contribution is 7.80. The quantitative estimate of drug-likeness (QED) is 0.823. The Balaban J connectivity index is 3.03. The van der Waals surface area contributed by atoms with E-state index in [0.29, 0.717) is 6.54 Å². The molecule has 2 N–H and O–H groups in total. The first-order valence-electron chi connectivity index (χ1n) is 5.48. The van der Waals surface area contributed by atoms with Crippen LogP contribution in [0.15, 0.2) is 12.1 Å². The van der Waals surface area contributed by atoms with Crippen molar-refractivity contribution in [1.82, 2.24) is 0 Å². The third-order valence-corrected chi connectivity index (χ3v) is 2.81. The van der Waals surface area contributed by atoms with Gasteiger partial charge >= 0.3 is 0 Å². The number of thiocarbonyl (C=S) groups is 1. The van der Waals surface area contributed by atoms with Gasteiger partial charge in [0.25, 0.3) is 0 Å². The summed E-state index contributed by atoms with van der Waals surface area (Å²) in [5.41, 5.74) is 5.48. The van der Waals surface area contributed by atoms with Crippen LogP contribution in [-0.2, 0) is 0 Å². The number of benzene rings is 1. The van der Waals surface area contributed by atoms with Crippen molar-refractivity contribution < 1.29 is 8.78 Å². The number of anilines is 1. The SMILES string of the molecule is CCCCN(C)c1ccc(C(N)=S)c(F)c1F. The lowest BCUT2D eigenvalue weighted by Crippen LogP contribution is -2.21. The minimum atomic E-state index is -0.974. The second-order valence-electron chi connectivity index (χ2n) is 3.90. The fourth-order valence-electron chi connectivity index (χ4n) is 1.54. The molecule has 0 unspecified atom stereocenters. The normalized spacial score (nSPS) is 10.4. The van der Waals surface area contributed by atoms with Gasteiger partial charge in [-0.2, -0.15) is 0 Å². The zero-order valence-corrected chi connectivity index (χ0v) is 10.8. The van der Waals surface area contributed by atoms with E-state index in [-0.39, 0.29) is 16.2 Å². The summed E-state index contributed by atoms with van der Waals surface area (Å²) in [6.07, 6.45) is 1.92. The highest BCUT2D eigenvalue weighted by Gasteiger charge is 2.16. The molecular weight excluding hydrogens is 242 g/mol. The largest absolute Gasteiger partial charge is 0.389 e. The van der Waals surface area contributed by atoms with Gasteiger partial charge in [-0.3, -0.25) is 0 Å². The molecule has 0 saturated carbocycles. The van der Waals surface area contributed by atoms with Crippen LogP contribution in [0.4, 0.5) is 14.5 Å². The Morgan fingerprint density at radius 1 is 1.35 bits per heavy atom. The summed E-state index contributed by atoms with van der Waals surface area (Å²) >= 11 is 4.65. The summed E-state index contributed by atoms with van der Waals surface area (Å²) in [5.74, 6) is -1.87. The molecule has 2 nitrogen and oxygen atoms in total. The van der Waals surface area contributed by atoms with Crippen LogP contribution in [0.2, 0.25) is 0 Å². The minimum absolute atomic E-state index is 0.0508. The lowest BCUT2D eigenvalue weighted by molar-refractivity contribution is 0.505. The fourth-order valence-corrected chi connectivity index (χ4v) is 1.70. The van der Waals surface area contributed by atoms with Crippen molar-refractivity contribution in [3.63, 3.8) is 0 Å². The van der Waals surface area contributed by atoms with Gasteiger partial charge in [0.1, 0.15) is 4.99 Å². The van der Waals surface area contributed by atoms with E-state index >= 15 is 0 Å². The zero-order chi connectivity index (χ0) is 13.0. The lowest BCUT2D eigenvalue weighted by atomic mass is 10.1. The number of hydrogen-bond acceptors (Lipinski definition) is 2. The van der Waals surface area contributed by atoms with Crippen molar-refractivity contribution in [2.75, 3.05) is 18.5 Å². The number of nitrogens with two attached hydrogens (primary N) is 1. The van der Waals surface area contributed by atoms with Crippen LogP contribution in [0.5, 0.6) is 0 Å². The van der Waals surface area contributed by atoms with Gasteiger partial charge in [0.15, 0.2) is 11.6 Å². The Kier molecular flexibility index (Phi) is 4.81. The molecule has 94 valence electrons. The maximum absolute atomic E-state index is 13.8. The van der Waals surface area contributed by atoms with E-state index in [1.807, 2.05) is 6.92 Å². The maximum atomic E-state index is 13.8. The van der Waals surface area contributed by atoms with Crippen LogP contribution < -0.4 is 10.6 Å². The van der Waals surface area contributed by atoms with Gasteiger partial charge < -0.3 is 10.6 Å². The maximum Gasteiger partial charge on any atom is 0.182 e. The molecule has 0 aromatic heterocycles. The molecule has 0 aliphatic rings. The molecule has 0 amide bonds. The average molecular weight is 258 g/mol. The van der Waals surface area contributed by atoms with Crippen molar-refractivity contribution in [2.45, 2.75) is 19.8 Å². The van der Waals surface area contributed by atoms with E-state index < -0.39 is 11.6 Å². The molecule has 0 aliphatic carbocycles. The standard InChI is InChI=1S/C12H16F2N2S/c1-3-4-7-16(2)9-6-5-8(12(15)17)10(13)11(9)14/h5-6H,3-4,7H2,1-2H3,(H2,15,17). The number of hydrogen-bond donors (Lipinski definition) is 1. The van der Waals surface area contributed by atoms with Crippen molar-refractivity contribution in [2.24, 2.45) is 5.73 Å². The molecule has 1 aromatic rings. The van der Waals surface area contributed by atoms with E-state index in [0.717, 1.165) is 12.8 Å². The van der Waals surface area contributed by atoms with Crippen LogP contribution in [0.3, 0.4) is 0 Å². The van der Waals surface area contributed by atoms with Crippen molar-refractivity contribution >= 4 is 22.9 Å². The third-order valence-electron chi connectivity index (χ3n) is 2.59. The molecule has 5 heteroatoms. The zero-order valence-electron chi connectivity index (χ0n) is 9.96. The predicted octanol–water partition coefficient (Wildman–Crippen LogP) is 2.84. The van der Waals surface area contributed by atoms with Gasteiger partial charge in [-0.25, -0.2) is 8.78 Å². The van der Waals surface area contributed by atoms with E-state index in [1.165, 1.54) is 12.1 Å². The molecule has 0 bridgehead atoms. The Labute approximate surface area is 105 Å². The van der Waals surface area contributed by atoms with Crippen LogP contribution in [0.1, 0.15) is 25.3 Å². The highest BCUT2D eigenvalue weighted by Crippen LogP contribution is 2.23. The molecule has 0 saturated heterocycles.